The summed E-state index contributed by atoms with van der Waals surface area (Å²) in [4.78, 5) is 10.9. The zero-order valence-corrected chi connectivity index (χ0v) is 8.41. The number of hydrogen-bond donors (Lipinski definition) is 1. The zero-order valence-electron chi connectivity index (χ0n) is 8.41. The summed E-state index contributed by atoms with van der Waals surface area (Å²) >= 11 is 0. The van der Waals surface area contributed by atoms with Gasteiger partial charge in [-0.3, -0.25) is 0 Å². The van der Waals surface area contributed by atoms with Crippen molar-refractivity contribution in [3.8, 4) is 5.75 Å². The van der Waals surface area contributed by atoms with E-state index in [0.29, 0.717) is 11.3 Å². The lowest BCUT2D eigenvalue weighted by molar-refractivity contribution is 0.0695. The maximum Gasteiger partial charge on any atom is 0.335 e. The molecule has 0 saturated heterocycles. The molecule has 14 heavy (non-hydrogen) atoms. The number of carboxylic acid groups (broad SMARTS) is 1. The predicted molar refractivity (Wildman–Crippen MR) is 53.9 cm³/mol. The highest BCUT2D eigenvalue weighted by atomic mass is 16.5. The molecule has 0 spiro atoms. The lowest BCUT2D eigenvalue weighted by Crippen LogP contribution is -2.02. The summed E-state index contributed by atoms with van der Waals surface area (Å²) in [5.41, 5.74) is 1.20. The van der Waals surface area contributed by atoms with Crippen molar-refractivity contribution >= 4 is 5.97 Å². The van der Waals surface area contributed by atoms with Crippen LogP contribution in [0, 0.1) is 0 Å². The summed E-state index contributed by atoms with van der Waals surface area (Å²) in [6.45, 7) is 2.02. The summed E-state index contributed by atoms with van der Waals surface area (Å²) in [5.74, 6) is -0.172. The van der Waals surface area contributed by atoms with E-state index < -0.39 is 5.97 Å². The van der Waals surface area contributed by atoms with E-state index in [1.165, 1.54) is 0 Å². The van der Waals surface area contributed by atoms with Gasteiger partial charge in [0, 0.05) is 0 Å². The molecule has 76 valence electrons. The zero-order chi connectivity index (χ0) is 10.6. The van der Waals surface area contributed by atoms with E-state index >= 15 is 0 Å². The summed E-state index contributed by atoms with van der Waals surface area (Å²) in [7, 11) is 1.57. The van der Waals surface area contributed by atoms with Gasteiger partial charge in [-0.1, -0.05) is 13.3 Å². The highest BCUT2D eigenvalue weighted by Crippen LogP contribution is 2.19. The maximum absolute atomic E-state index is 10.9. The average Bonchev–Trinajstić information content (AvgIpc) is 2.17. The molecule has 3 nitrogen and oxygen atoms in total. The molecular weight excluding hydrogens is 180 g/mol. The van der Waals surface area contributed by atoms with Gasteiger partial charge in [-0.25, -0.2) is 4.79 Å². The predicted octanol–water partition coefficient (Wildman–Crippen LogP) is 2.35. The van der Waals surface area contributed by atoms with Crippen molar-refractivity contribution in [2.75, 3.05) is 7.11 Å². The van der Waals surface area contributed by atoms with Crippen LogP contribution in [-0.2, 0) is 6.42 Å². The Kier molecular flexibility index (Phi) is 3.51. The second-order valence-electron chi connectivity index (χ2n) is 3.08. The van der Waals surface area contributed by atoms with Crippen LogP contribution in [0.25, 0.3) is 0 Å². The van der Waals surface area contributed by atoms with Gasteiger partial charge in [0.05, 0.1) is 12.7 Å². The highest BCUT2D eigenvalue weighted by Gasteiger charge is 2.09. The minimum absolute atomic E-state index is 0.368. The lowest BCUT2D eigenvalue weighted by atomic mass is 10.0. The number of hydrogen-bond acceptors (Lipinski definition) is 2. The Morgan fingerprint density at radius 2 is 2.21 bits per heavy atom. The second-order valence-corrected chi connectivity index (χ2v) is 3.08. The van der Waals surface area contributed by atoms with Gasteiger partial charge in [-0.15, -0.1) is 0 Å². The molecule has 0 aromatic heterocycles. The number of carbonyl (C=O) groups is 1. The Labute approximate surface area is 83.3 Å². The molecule has 0 bridgehead atoms. The molecule has 1 rings (SSSR count). The van der Waals surface area contributed by atoms with E-state index in [1.807, 2.05) is 6.92 Å². The third-order valence-corrected chi connectivity index (χ3v) is 2.06. The van der Waals surface area contributed by atoms with Crippen molar-refractivity contribution in [3.63, 3.8) is 0 Å². The van der Waals surface area contributed by atoms with E-state index in [2.05, 4.69) is 0 Å². The number of benzene rings is 1. The smallest absolute Gasteiger partial charge is 0.335 e. The van der Waals surface area contributed by atoms with Gasteiger partial charge in [-0.05, 0) is 30.2 Å². The monoisotopic (exact) mass is 194 g/mol. The molecule has 0 amide bonds. The lowest BCUT2D eigenvalue weighted by Gasteiger charge is -2.07. The Balaban J connectivity index is 3.10. The number of carboxylic acids is 1. The first-order valence-electron chi connectivity index (χ1n) is 4.59. The van der Waals surface area contributed by atoms with Crippen molar-refractivity contribution < 1.29 is 14.6 Å². The Bertz CT molecular complexity index is 331. The summed E-state index contributed by atoms with van der Waals surface area (Å²) in [6, 6.07) is 5.04. The standard InChI is InChI=1S/C11H14O3/c1-3-4-8-7-9(14-2)5-6-10(8)11(12)13/h5-7H,3-4H2,1-2H3,(H,12,13). The summed E-state index contributed by atoms with van der Waals surface area (Å²) in [6.07, 6.45) is 1.69. The Morgan fingerprint density at radius 1 is 1.50 bits per heavy atom. The van der Waals surface area contributed by atoms with E-state index in [4.69, 9.17) is 9.84 Å². The van der Waals surface area contributed by atoms with E-state index in [1.54, 1.807) is 25.3 Å². The van der Waals surface area contributed by atoms with Crippen LogP contribution in [-0.4, -0.2) is 18.2 Å². The molecule has 0 radical (unpaired) electrons. The first kappa shape index (κ1) is 10.6. The van der Waals surface area contributed by atoms with Gasteiger partial charge < -0.3 is 9.84 Å². The average molecular weight is 194 g/mol. The van der Waals surface area contributed by atoms with Gasteiger partial charge in [0.25, 0.3) is 0 Å². The van der Waals surface area contributed by atoms with Crippen LogP contribution in [0.4, 0.5) is 0 Å². The molecule has 0 aliphatic carbocycles. The van der Waals surface area contributed by atoms with Gasteiger partial charge >= 0.3 is 5.97 Å². The first-order valence-corrected chi connectivity index (χ1v) is 4.59. The van der Waals surface area contributed by atoms with Crippen LogP contribution in [0.5, 0.6) is 5.75 Å². The molecule has 0 unspecified atom stereocenters. The number of ether oxygens (including phenoxy) is 1. The number of aryl methyl sites for hydroxylation is 1. The van der Waals surface area contributed by atoms with E-state index in [-0.39, 0.29) is 0 Å². The van der Waals surface area contributed by atoms with Crippen molar-refractivity contribution in [3.05, 3.63) is 29.3 Å². The van der Waals surface area contributed by atoms with Crippen molar-refractivity contribution in [1.29, 1.82) is 0 Å². The molecule has 0 aliphatic rings. The highest BCUT2D eigenvalue weighted by molar-refractivity contribution is 5.89. The molecule has 0 heterocycles. The largest absolute Gasteiger partial charge is 0.497 e. The topological polar surface area (TPSA) is 46.5 Å². The van der Waals surface area contributed by atoms with Crippen LogP contribution in [0.2, 0.25) is 0 Å². The van der Waals surface area contributed by atoms with Gasteiger partial charge in [0.15, 0.2) is 0 Å². The molecule has 1 N–H and O–H groups in total. The molecule has 1 aromatic rings. The third kappa shape index (κ3) is 2.25. The summed E-state index contributed by atoms with van der Waals surface area (Å²) in [5, 5.41) is 8.92. The third-order valence-electron chi connectivity index (χ3n) is 2.06. The second kappa shape index (κ2) is 4.65. The Morgan fingerprint density at radius 3 is 2.71 bits per heavy atom. The van der Waals surface area contributed by atoms with Crippen LogP contribution >= 0.6 is 0 Å². The minimum Gasteiger partial charge on any atom is -0.497 e. The van der Waals surface area contributed by atoms with E-state index in [0.717, 1.165) is 18.4 Å². The molecule has 1 aromatic carbocycles. The van der Waals surface area contributed by atoms with Crippen molar-refractivity contribution in [1.82, 2.24) is 0 Å². The fourth-order valence-corrected chi connectivity index (χ4v) is 1.38. The quantitative estimate of drug-likeness (QED) is 0.800. The molecule has 3 heteroatoms. The first-order chi connectivity index (χ1) is 6.69. The number of aromatic carboxylic acids is 1. The van der Waals surface area contributed by atoms with E-state index in [9.17, 15) is 4.79 Å². The fraction of sp³-hybridized carbons (Fsp3) is 0.364. The van der Waals surface area contributed by atoms with Crippen LogP contribution in [0.15, 0.2) is 18.2 Å². The molecule has 0 saturated carbocycles. The van der Waals surface area contributed by atoms with Crippen molar-refractivity contribution in [2.45, 2.75) is 19.8 Å². The fourth-order valence-electron chi connectivity index (χ4n) is 1.38. The van der Waals surface area contributed by atoms with Gasteiger partial charge in [-0.2, -0.15) is 0 Å². The van der Waals surface area contributed by atoms with Crippen LogP contribution < -0.4 is 4.74 Å². The van der Waals surface area contributed by atoms with Gasteiger partial charge in [0.1, 0.15) is 5.75 Å². The van der Waals surface area contributed by atoms with Crippen LogP contribution in [0.3, 0.4) is 0 Å². The molecule has 0 atom stereocenters. The summed E-state index contributed by atoms with van der Waals surface area (Å²) < 4.78 is 5.04. The number of rotatable bonds is 4. The Hall–Kier alpha value is -1.51. The SMILES string of the molecule is CCCc1cc(OC)ccc1C(=O)O. The van der Waals surface area contributed by atoms with Crippen molar-refractivity contribution in [2.24, 2.45) is 0 Å². The van der Waals surface area contributed by atoms with Gasteiger partial charge in [0.2, 0.25) is 0 Å². The molecule has 0 aliphatic heterocycles. The van der Waals surface area contributed by atoms with Crippen LogP contribution in [0.1, 0.15) is 29.3 Å². The minimum atomic E-state index is -0.879. The molecule has 0 fully saturated rings. The normalized spacial score (nSPS) is 9.86. The number of methoxy groups -OCH3 is 1. The molecular formula is C11H14O3. The maximum atomic E-state index is 10.9.